The monoisotopic (exact) mass is 273 g/mol. The summed E-state index contributed by atoms with van der Waals surface area (Å²) in [5, 5.41) is 18.7. The lowest BCUT2D eigenvalue weighted by Gasteiger charge is -2.26. The summed E-state index contributed by atoms with van der Waals surface area (Å²) in [6.45, 7) is 2.19. The summed E-state index contributed by atoms with van der Waals surface area (Å²) in [6.07, 6.45) is 7.16. The smallest absolute Gasteiger partial charge is 0.175 e. The molecule has 1 saturated carbocycles. The van der Waals surface area contributed by atoms with E-state index in [2.05, 4.69) is 31.7 Å². The van der Waals surface area contributed by atoms with Crippen molar-refractivity contribution in [2.75, 3.05) is 0 Å². The van der Waals surface area contributed by atoms with E-state index in [9.17, 15) is 5.11 Å². The highest BCUT2D eigenvalue weighted by Crippen LogP contribution is 2.43. The molecule has 6 nitrogen and oxygen atoms in total. The maximum atomic E-state index is 9.98. The van der Waals surface area contributed by atoms with E-state index in [0.717, 1.165) is 37.3 Å². The standard InChI is InChI=1S/C14H19N5O/c1-2-8-5-9(20)6-10(8)14-18-17-12-7-16-13-11(19(12)14)3-4-15-13/h4,7-11,13,20H,2-3,5-6H2,1H3. The fourth-order valence-corrected chi connectivity index (χ4v) is 3.88. The Kier molecular flexibility index (Phi) is 2.73. The van der Waals surface area contributed by atoms with Crippen LogP contribution in [0.2, 0.25) is 0 Å². The molecule has 6 heteroatoms. The molecular formula is C14H19N5O. The van der Waals surface area contributed by atoms with Crippen LogP contribution in [0, 0.1) is 5.92 Å². The molecule has 4 rings (SSSR count). The summed E-state index contributed by atoms with van der Waals surface area (Å²) in [4.78, 5) is 8.84. The van der Waals surface area contributed by atoms with Crippen LogP contribution in [0.25, 0.3) is 0 Å². The Morgan fingerprint density at radius 3 is 3.05 bits per heavy atom. The average molecular weight is 273 g/mol. The molecular weight excluding hydrogens is 254 g/mol. The summed E-state index contributed by atoms with van der Waals surface area (Å²) < 4.78 is 2.22. The largest absolute Gasteiger partial charge is 0.393 e. The van der Waals surface area contributed by atoms with Gasteiger partial charge in [0.1, 0.15) is 5.82 Å². The van der Waals surface area contributed by atoms with Gasteiger partial charge in [0.15, 0.2) is 12.0 Å². The van der Waals surface area contributed by atoms with Crippen LogP contribution in [0.15, 0.2) is 9.98 Å². The summed E-state index contributed by atoms with van der Waals surface area (Å²) in [5.41, 5.74) is 0. The first-order valence-electron chi connectivity index (χ1n) is 7.45. The lowest BCUT2D eigenvalue weighted by atomic mass is 9.92. The second-order valence-electron chi connectivity index (χ2n) is 6.01. The lowest BCUT2D eigenvalue weighted by Crippen LogP contribution is -2.27. The first-order valence-corrected chi connectivity index (χ1v) is 7.45. The second kappa shape index (κ2) is 4.48. The molecule has 0 spiro atoms. The molecule has 0 bridgehead atoms. The molecule has 1 fully saturated rings. The van der Waals surface area contributed by atoms with Crippen LogP contribution in [-0.2, 0) is 0 Å². The fraction of sp³-hybridized carbons (Fsp3) is 0.714. The Hall–Kier alpha value is -1.56. The number of fused-ring (bicyclic) bond motifs is 3. The number of aromatic nitrogens is 3. The van der Waals surface area contributed by atoms with Crippen LogP contribution in [0.5, 0.6) is 0 Å². The Morgan fingerprint density at radius 2 is 2.20 bits per heavy atom. The highest BCUT2D eigenvalue weighted by atomic mass is 16.3. The van der Waals surface area contributed by atoms with Gasteiger partial charge in [0.05, 0.1) is 18.4 Å². The maximum Gasteiger partial charge on any atom is 0.175 e. The van der Waals surface area contributed by atoms with Crippen molar-refractivity contribution in [3.63, 3.8) is 0 Å². The highest BCUT2D eigenvalue weighted by Gasteiger charge is 2.40. The van der Waals surface area contributed by atoms with Gasteiger partial charge in [-0.25, -0.2) is 0 Å². The quantitative estimate of drug-likeness (QED) is 0.883. The number of nitrogens with zero attached hydrogens (tertiary/aromatic N) is 5. The number of hydrogen-bond donors (Lipinski definition) is 1. The lowest BCUT2D eigenvalue weighted by molar-refractivity contribution is 0.176. The van der Waals surface area contributed by atoms with E-state index in [1.807, 2.05) is 6.21 Å². The van der Waals surface area contributed by atoms with E-state index in [1.54, 1.807) is 6.21 Å². The van der Waals surface area contributed by atoms with Crippen LogP contribution >= 0.6 is 0 Å². The van der Waals surface area contributed by atoms with Crippen molar-refractivity contribution < 1.29 is 5.11 Å². The van der Waals surface area contributed by atoms with E-state index in [4.69, 9.17) is 0 Å². The first kappa shape index (κ1) is 12.2. The minimum atomic E-state index is -0.203. The topological polar surface area (TPSA) is 75.7 Å². The van der Waals surface area contributed by atoms with Gasteiger partial charge in [-0.05, 0) is 18.8 Å². The van der Waals surface area contributed by atoms with Gasteiger partial charge in [0, 0.05) is 18.6 Å². The molecule has 5 unspecified atom stereocenters. The van der Waals surface area contributed by atoms with Gasteiger partial charge >= 0.3 is 0 Å². The molecule has 5 atom stereocenters. The predicted octanol–water partition coefficient (Wildman–Crippen LogP) is 1.32. The molecule has 3 aliphatic rings. The third-order valence-electron chi connectivity index (χ3n) is 4.90. The van der Waals surface area contributed by atoms with Crippen molar-refractivity contribution >= 4 is 12.4 Å². The molecule has 1 aromatic heterocycles. The van der Waals surface area contributed by atoms with Crippen molar-refractivity contribution in [1.29, 1.82) is 0 Å². The summed E-state index contributed by atoms with van der Waals surface area (Å²) in [6, 6.07) is 0.232. The third-order valence-corrected chi connectivity index (χ3v) is 4.90. The van der Waals surface area contributed by atoms with Crippen molar-refractivity contribution in [3.8, 4) is 0 Å². The summed E-state index contributed by atoms with van der Waals surface area (Å²) in [7, 11) is 0. The SMILES string of the molecule is CCC1CC(O)CC1c1nnc2n1C1CC=NC1N=C2. The number of aliphatic hydroxyl groups excluding tert-OH is 1. The van der Waals surface area contributed by atoms with Crippen molar-refractivity contribution in [1.82, 2.24) is 14.8 Å². The molecule has 1 aliphatic carbocycles. The van der Waals surface area contributed by atoms with Crippen LogP contribution in [-0.4, -0.2) is 44.6 Å². The van der Waals surface area contributed by atoms with Gasteiger partial charge in [-0.1, -0.05) is 13.3 Å². The minimum Gasteiger partial charge on any atom is -0.393 e. The molecule has 3 heterocycles. The second-order valence-corrected chi connectivity index (χ2v) is 6.01. The van der Waals surface area contributed by atoms with E-state index >= 15 is 0 Å². The Balaban J connectivity index is 1.74. The van der Waals surface area contributed by atoms with Crippen LogP contribution in [0.3, 0.4) is 0 Å². The molecule has 1 aromatic rings. The number of aliphatic imine (C=N–C) groups is 2. The molecule has 2 aliphatic heterocycles. The fourth-order valence-electron chi connectivity index (χ4n) is 3.88. The zero-order valence-electron chi connectivity index (χ0n) is 11.6. The minimum absolute atomic E-state index is 0.0105. The van der Waals surface area contributed by atoms with Gasteiger partial charge in [-0.3, -0.25) is 9.98 Å². The van der Waals surface area contributed by atoms with Crippen molar-refractivity contribution in [2.45, 2.75) is 56.8 Å². The van der Waals surface area contributed by atoms with Crippen LogP contribution in [0.1, 0.15) is 56.2 Å². The van der Waals surface area contributed by atoms with Gasteiger partial charge < -0.3 is 9.67 Å². The van der Waals surface area contributed by atoms with Gasteiger partial charge in [-0.15, -0.1) is 10.2 Å². The predicted molar refractivity (Wildman–Crippen MR) is 75.3 cm³/mol. The van der Waals surface area contributed by atoms with Gasteiger partial charge in [0.2, 0.25) is 0 Å². The molecule has 106 valence electrons. The number of rotatable bonds is 2. The maximum absolute atomic E-state index is 9.98. The van der Waals surface area contributed by atoms with Gasteiger partial charge in [0.25, 0.3) is 0 Å². The van der Waals surface area contributed by atoms with E-state index in [-0.39, 0.29) is 18.3 Å². The number of hydrogen-bond acceptors (Lipinski definition) is 5. The first-order chi connectivity index (χ1) is 9.78. The van der Waals surface area contributed by atoms with E-state index < -0.39 is 0 Å². The van der Waals surface area contributed by atoms with Crippen molar-refractivity contribution in [2.24, 2.45) is 15.9 Å². The molecule has 0 saturated heterocycles. The zero-order valence-corrected chi connectivity index (χ0v) is 11.6. The third kappa shape index (κ3) is 1.67. The van der Waals surface area contributed by atoms with Crippen molar-refractivity contribution in [3.05, 3.63) is 11.6 Å². The van der Waals surface area contributed by atoms with Crippen LogP contribution in [0.4, 0.5) is 0 Å². The summed E-state index contributed by atoms with van der Waals surface area (Å²) in [5.74, 6) is 2.67. The van der Waals surface area contributed by atoms with Crippen LogP contribution < -0.4 is 0 Å². The van der Waals surface area contributed by atoms with Gasteiger partial charge in [-0.2, -0.15) is 0 Å². The Bertz CT molecular complexity index is 578. The average Bonchev–Trinajstić information content (AvgIpc) is 3.13. The van der Waals surface area contributed by atoms with E-state index in [1.165, 1.54) is 0 Å². The normalized spacial score (nSPS) is 38.2. The Morgan fingerprint density at radius 1 is 1.30 bits per heavy atom. The molecule has 0 radical (unpaired) electrons. The Labute approximate surface area is 117 Å². The molecule has 0 amide bonds. The highest BCUT2D eigenvalue weighted by molar-refractivity contribution is 5.77. The molecule has 0 aromatic carbocycles. The summed E-state index contributed by atoms with van der Waals surface area (Å²) >= 11 is 0. The molecule has 20 heavy (non-hydrogen) atoms. The molecule has 1 N–H and O–H groups in total. The number of aliphatic hydroxyl groups is 1. The zero-order chi connectivity index (χ0) is 13.7. The van der Waals surface area contributed by atoms with E-state index in [0.29, 0.717) is 11.8 Å².